The summed E-state index contributed by atoms with van der Waals surface area (Å²) in [5, 5.41) is 11.7. The van der Waals surface area contributed by atoms with Crippen LogP contribution in [-0.4, -0.2) is 58.5 Å². The van der Waals surface area contributed by atoms with Crippen LogP contribution in [0.15, 0.2) is 48.7 Å². The second-order valence-electron chi connectivity index (χ2n) is 10.5. The van der Waals surface area contributed by atoms with E-state index in [9.17, 15) is 14.4 Å². The van der Waals surface area contributed by atoms with Gasteiger partial charge in [0.1, 0.15) is 18.0 Å². The highest BCUT2D eigenvalue weighted by molar-refractivity contribution is 6.00. The van der Waals surface area contributed by atoms with Crippen molar-refractivity contribution in [3.63, 3.8) is 0 Å². The highest BCUT2D eigenvalue weighted by Gasteiger charge is 2.23. The zero-order valence-electron chi connectivity index (χ0n) is 23.4. The van der Waals surface area contributed by atoms with Gasteiger partial charge in [-0.15, -0.1) is 0 Å². The van der Waals surface area contributed by atoms with Crippen LogP contribution >= 0.6 is 0 Å². The lowest BCUT2D eigenvalue weighted by Crippen LogP contribution is -2.43. The molecule has 1 aliphatic heterocycles. The predicted molar refractivity (Wildman–Crippen MR) is 153 cm³/mol. The summed E-state index contributed by atoms with van der Waals surface area (Å²) in [7, 11) is 1.59. The predicted octanol–water partition coefficient (Wildman–Crippen LogP) is 4.04. The Bertz CT molecular complexity index is 1420. The van der Waals surface area contributed by atoms with Crippen LogP contribution in [-0.2, 0) is 22.5 Å². The Kier molecular flexibility index (Phi) is 8.52. The Labute approximate surface area is 233 Å². The number of amides is 3. The first-order chi connectivity index (χ1) is 19.0. The number of nitrogens with zero attached hydrogens (tertiary/aromatic N) is 3. The van der Waals surface area contributed by atoms with Crippen LogP contribution in [0.25, 0.3) is 0 Å². The van der Waals surface area contributed by atoms with Crippen LogP contribution in [0.2, 0.25) is 0 Å². The van der Waals surface area contributed by atoms with E-state index in [0.717, 1.165) is 22.4 Å². The second-order valence-corrected chi connectivity index (χ2v) is 10.5. The number of hydrogen-bond acceptors (Lipinski definition) is 8. The van der Waals surface area contributed by atoms with Crippen LogP contribution < -0.4 is 21.3 Å². The number of benzene rings is 2. The minimum atomic E-state index is -0.630. The molecule has 3 aromatic rings. The third-order valence-corrected chi connectivity index (χ3v) is 6.23. The molecule has 0 radical (unpaired) electrons. The van der Waals surface area contributed by atoms with E-state index in [1.54, 1.807) is 51.0 Å². The summed E-state index contributed by atoms with van der Waals surface area (Å²) in [4.78, 5) is 47.7. The summed E-state index contributed by atoms with van der Waals surface area (Å²) < 4.78 is 5.21. The highest BCUT2D eigenvalue weighted by Crippen LogP contribution is 2.26. The molecule has 4 N–H and O–H groups in total. The summed E-state index contributed by atoms with van der Waals surface area (Å²) in [6.45, 7) is 8.07. The largest absolute Gasteiger partial charge is 0.444 e. The molecule has 210 valence electrons. The van der Waals surface area contributed by atoms with Gasteiger partial charge < -0.3 is 30.9 Å². The number of ether oxygens (including phenoxy) is 1. The molecule has 1 aromatic heterocycles. The number of carbonyl (C=O) groups excluding carboxylic acids is 3. The molecule has 0 unspecified atom stereocenters. The van der Waals surface area contributed by atoms with Crippen LogP contribution in [0.4, 0.5) is 27.9 Å². The van der Waals surface area contributed by atoms with Gasteiger partial charge in [-0.25, -0.2) is 9.78 Å². The van der Waals surface area contributed by atoms with Gasteiger partial charge in [0, 0.05) is 37.6 Å². The third-order valence-electron chi connectivity index (χ3n) is 6.23. The maximum absolute atomic E-state index is 12.7. The highest BCUT2D eigenvalue weighted by atomic mass is 16.6. The Hall–Kier alpha value is -4.67. The van der Waals surface area contributed by atoms with E-state index in [-0.39, 0.29) is 18.4 Å². The van der Waals surface area contributed by atoms with Crippen molar-refractivity contribution >= 4 is 41.0 Å². The Morgan fingerprint density at radius 1 is 1.05 bits per heavy atom. The van der Waals surface area contributed by atoms with E-state index >= 15 is 0 Å². The summed E-state index contributed by atoms with van der Waals surface area (Å²) in [6.07, 6.45) is 1.80. The van der Waals surface area contributed by atoms with Crippen molar-refractivity contribution in [2.45, 2.75) is 46.3 Å². The first kappa shape index (κ1) is 28.3. The molecular formula is C29H35N7O4. The molecular weight excluding hydrogens is 510 g/mol. The van der Waals surface area contributed by atoms with Crippen LogP contribution in [0.5, 0.6) is 0 Å². The van der Waals surface area contributed by atoms with Gasteiger partial charge in [-0.05, 0) is 69.5 Å². The summed E-state index contributed by atoms with van der Waals surface area (Å²) >= 11 is 0. The van der Waals surface area contributed by atoms with E-state index in [1.165, 1.54) is 0 Å². The van der Waals surface area contributed by atoms with Crippen molar-refractivity contribution in [2.24, 2.45) is 0 Å². The number of carbonyl (C=O) groups is 3. The van der Waals surface area contributed by atoms with Gasteiger partial charge in [0.15, 0.2) is 0 Å². The molecule has 2 heterocycles. The fourth-order valence-electron chi connectivity index (χ4n) is 4.23. The molecule has 0 bridgehead atoms. The molecule has 40 heavy (non-hydrogen) atoms. The second kappa shape index (κ2) is 12.0. The van der Waals surface area contributed by atoms with Crippen LogP contribution in [0.3, 0.4) is 0 Å². The lowest BCUT2D eigenvalue weighted by Gasteiger charge is -2.29. The molecule has 0 saturated heterocycles. The maximum atomic E-state index is 12.7. The van der Waals surface area contributed by atoms with Crippen LogP contribution in [0.1, 0.15) is 47.8 Å². The molecule has 4 rings (SSSR count). The number of aryl methyl sites for hydroxylation is 1. The van der Waals surface area contributed by atoms with Crippen molar-refractivity contribution in [3.8, 4) is 0 Å². The van der Waals surface area contributed by atoms with E-state index in [2.05, 4.69) is 31.2 Å². The molecule has 1 aliphatic rings. The number of nitrogens with one attached hydrogen (secondary N) is 4. The zero-order valence-corrected chi connectivity index (χ0v) is 23.4. The fraction of sp³-hybridized carbons (Fsp3) is 0.345. The third kappa shape index (κ3) is 7.25. The molecule has 11 heteroatoms. The average Bonchev–Trinajstić information content (AvgIpc) is 2.92. The van der Waals surface area contributed by atoms with Crippen LogP contribution in [0, 0.1) is 6.92 Å². The number of fused-ring (bicyclic) bond motifs is 1. The lowest BCUT2D eigenvalue weighted by atomic mass is 9.99. The molecule has 11 nitrogen and oxygen atoms in total. The molecule has 0 aliphatic carbocycles. The van der Waals surface area contributed by atoms with E-state index < -0.39 is 11.7 Å². The standard InChI is InChI=1S/C29H35N7O4/c1-18-15-31-27(35-25(18)34-23-9-7-6-8-22(23)26(38)30-5)33-21-11-10-19-12-13-36(17-20(19)14-21)24(37)16-32-28(39)40-29(2,3)4/h6-11,14-15H,12-13,16-17H2,1-5H3,(H,30,38)(H,32,39)(H2,31,33,34,35). The summed E-state index contributed by atoms with van der Waals surface area (Å²) in [6, 6.07) is 13.2. The van der Waals surface area contributed by atoms with Gasteiger partial charge in [-0.3, -0.25) is 9.59 Å². The number of para-hydroxylation sites is 1. The molecule has 2 aromatic carbocycles. The van der Waals surface area contributed by atoms with Gasteiger partial charge in [0.25, 0.3) is 5.91 Å². The number of hydrogen-bond donors (Lipinski definition) is 4. The zero-order chi connectivity index (χ0) is 28.9. The monoisotopic (exact) mass is 545 g/mol. The molecule has 0 atom stereocenters. The summed E-state index contributed by atoms with van der Waals surface area (Å²) in [5.74, 6) is 0.580. The van der Waals surface area contributed by atoms with Crippen molar-refractivity contribution in [2.75, 3.05) is 30.8 Å². The molecule has 0 saturated carbocycles. The minimum Gasteiger partial charge on any atom is -0.444 e. The number of alkyl carbamates (subject to hydrolysis) is 1. The number of aromatic nitrogens is 2. The van der Waals surface area contributed by atoms with Crippen molar-refractivity contribution in [1.82, 2.24) is 25.5 Å². The molecule has 3 amide bonds. The maximum Gasteiger partial charge on any atom is 0.408 e. The number of rotatable bonds is 7. The molecule has 0 fully saturated rings. The number of anilines is 4. The van der Waals surface area contributed by atoms with Crippen molar-refractivity contribution in [3.05, 3.63) is 70.9 Å². The first-order valence-electron chi connectivity index (χ1n) is 13.1. The van der Waals surface area contributed by atoms with Crippen molar-refractivity contribution in [1.29, 1.82) is 0 Å². The van der Waals surface area contributed by atoms with Gasteiger partial charge >= 0.3 is 6.09 Å². The molecule has 0 spiro atoms. The Morgan fingerprint density at radius 2 is 1.82 bits per heavy atom. The summed E-state index contributed by atoms with van der Waals surface area (Å²) in [5.41, 5.74) is 4.27. The SMILES string of the molecule is CNC(=O)c1ccccc1Nc1nc(Nc2ccc3c(c2)CN(C(=O)CNC(=O)OC(C)(C)C)CC3)ncc1C. The Morgan fingerprint density at radius 3 is 2.58 bits per heavy atom. The first-order valence-corrected chi connectivity index (χ1v) is 13.1. The van der Waals surface area contributed by atoms with Gasteiger partial charge in [0.05, 0.1) is 11.3 Å². The quantitative estimate of drug-likeness (QED) is 0.349. The van der Waals surface area contributed by atoms with Gasteiger partial charge in [-0.2, -0.15) is 4.98 Å². The average molecular weight is 546 g/mol. The minimum absolute atomic E-state index is 0.127. The normalized spacial score (nSPS) is 12.7. The topological polar surface area (TPSA) is 138 Å². The van der Waals surface area contributed by atoms with Crippen molar-refractivity contribution < 1.29 is 19.1 Å². The van der Waals surface area contributed by atoms with E-state index in [4.69, 9.17) is 4.74 Å². The fourth-order valence-corrected chi connectivity index (χ4v) is 4.23. The van der Waals surface area contributed by atoms with Gasteiger partial charge in [0.2, 0.25) is 11.9 Å². The van der Waals surface area contributed by atoms with E-state index in [1.807, 2.05) is 37.3 Å². The van der Waals surface area contributed by atoms with E-state index in [0.29, 0.717) is 42.5 Å². The lowest BCUT2D eigenvalue weighted by molar-refractivity contribution is -0.131. The Balaban J connectivity index is 1.43. The smallest absolute Gasteiger partial charge is 0.408 e. The van der Waals surface area contributed by atoms with Gasteiger partial charge in [-0.1, -0.05) is 18.2 Å².